The zero-order valence-electron chi connectivity index (χ0n) is 11.2. The summed E-state index contributed by atoms with van der Waals surface area (Å²) < 4.78 is 5.09. The molecule has 0 fully saturated rings. The van der Waals surface area contributed by atoms with Crippen molar-refractivity contribution in [3.05, 3.63) is 0 Å². The zero-order chi connectivity index (χ0) is 11.7. The summed E-state index contributed by atoms with van der Waals surface area (Å²) in [6, 6.07) is 0.671. The summed E-state index contributed by atoms with van der Waals surface area (Å²) in [5.74, 6) is 0. The van der Waals surface area contributed by atoms with Crippen LogP contribution in [0.1, 0.15) is 53.4 Å². The minimum Gasteiger partial charge on any atom is -0.385 e. The minimum absolute atomic E-state index is 0.453. The third-order valence-electron chi connectivity index (χ3n) is 2.64. The second-order valence-corrected chi connectivity index (χ2v) is 5.49. The van der Waals surface area contributed by atoms with E-state index in [1.54, 1.807) is 7.11 Å². The maximum Gasteiger partial charge on any atom is 0.0462 e. The maximum atomic E-state index is 5.09. The largest absolute Gasteiger partial charge is 0.385 e. The Labute approximate surface area is 95.8 Å². The van der Waals surface area contributed by atoms with E-state index in [4.69, 9.17) is 4.74 Å². The van der Waals surface area contributed by atoms with Crippen molar-refractivity contribution in [3.63, 3.8) is 0 Å². The van der Waals surface area contributed by atoms with Crippen molar-refractivity contribution >= 4 is 0 Å². The van der Waals surface area contributed by atoms with Gasteiger partial charge in [0.25, 0.3) is 0 Å². The van der Waals surface area contributed by atoms with Crippen molar-refractivity contribution in [3.8, 4) is 0 Å². The van der Waals surface area contributed by atoms with E-state index in [9.17, 15) is 0 Å². The zero-order valence-corrected chi connectivity index (χ0v) is 11.2. The molecule has 0 saturated carbocycles. The molecular weight excluding hydrogens is 186 g/mol. The van der Waals surface area contributed by atoms with Gasteiger partial charge in [0.1, 0.15) is 0 Å². The van der Waals surface area contributed by atoms with Gasteiger partial charge >= 0.3 is 0 Å². The molecule has 0 aromatic rings. The lowest BCUT2D eigenvalue weighted by Gasteiger charge is -2.23. The van der Waals surface area contributed by atoms with Crippen LogP contribution < -0.4 is 5.32 Å². The summed E-state index contributed by atoms with van der Waals surface area (Å²) >= 11 is 0. The molecule has 0 rings (SSSR count). The van der Waals surface area contributed by atoms with Crippen molar-refractivity contribution in [2.75, 3.05) is 20.3 Å². The van der Waals surface area contributed by atoms with Crippen molar-refractivity contribution in [2.24, 2.45) is 5.41 Å². The summed E-state index contributed by atoms with van der Waals surface area (Å²) in [4.78, 5) is 0. The highest BCUT2D eigenvalue weighted by atomic mass is 16.5. The van der Waals surface area contributed by atoms with Crippen molar-refractivity contribution in [2.45, 2.75) is 59.4 Å². The first-order chi connectivity index (χ1) is 6.99. The molecule has 1 atom stereocenters. The Morgan fingerprint density at radius 1 is 1.20 bits per heavy atom. The highest BCUT2D eigenvalue weighted by Crippen LogP contribution is 2.22. The van der Waals surface area contributed by atoms with Crippen LogP contribution in [-0.2, 0) is 4.74 Å². The van der Waals surface area contributed by atoms with Crippen LogP contribution in [0.4, 0.5) is 0 Å². The summed E-state index contributed by atoms with van der Waals surface area (Å²) in [6.45, 7) is 11.1. The molecule has 0 aliphatic heterocycles. The van der Waals surface area contributed by atoms with Gasteiger partial charge in [-0.3, -0.25) is 0 Å². The molecule has 2 nitrogen and oxygen atoms in total. The summed E-state index contributed by atoms with van der Waals surface area (Å²) in [5, 5.41) is 3.56. The normalized spacial score (nSPS) is 14.2. The van der Waals surface area contributed by atoms with Gasteiger partial charge in [-0.05, 0) is 37.6 Å². The first-order valence-electron chi connectivity index (χ1n) is 6.22. The van der Waals surface area contributed by atoms with E-state index in [1.807, 2.05) is 0 Å². The lowest BCUT2D eigenvalue weighted by atomic mass is 9.88. The van der Waals surface area contributed by atoms with E-state index in [1.165, 1.54) is 19.3 Å². The Balaban J connectivity index is 3.72. The number of hydrogen-bond acceptors (Lipinski definition) is 2. The lowest BCUT2D eigenvalue weighted by Crippen LogP contribution is -2.30. The van der Waals surface area contributed by atoms with Crippen molar-refractivity contribution < 1.29 is 4.74 Å². The van der Waals surface area contributed by atoms with Gasteiger partial charge in [0.15, 0.2) is 0 Å². The highest BCUT2D eigenvalue weighted by Gasteiger charge is 2.14. The van der Waals surface area contributed by atoms with E-state index < -0.39 is 0 Å². The number of rotatable bonds is 8. The van der Waals surface area contributed by atoms with Crippen LogP contribution in [0, 0.1) is 5.41 Å². The van der Waals surface area contributed by atoms with Crippen LogP contribution in [0.3, 0.4) is 0 Å². The number of nitrogens with one attached hydrogen (secondary N) is 1. The SMILES string of the molecule is CCNC(CCCOC)CCC(C)(C)C. The number of methoxy groups -OCH3 is 1. The minimum atomic E-state index is 0.453. The molecule has 92 valence electrons. The Hall–Kier alpha value is -0.0800. The second kappa shape index (κ2) is 8.12. The summed E-state index contributed by atoms with van der Waals surface area (Å²) in [5.41, 5.74) is 0.453. The summed E-state index contributed by atoms with van der Waals surface area (Å²) in [6.07, 6.45) is 4.97. The Morgan fingerprint density at radius 2 is 1.87 bits per heavy atom. The maximum absolute atomic E-state index is 5.09. The van der Waals surface area contributed by atoms with Gasteiger partial charge in [0.2, 0.25) is 0 Å². The third-order valence-corrected chi connectivity index (χ3v) is 2.64. The van der Waals surface area contributed by atoms with Gasteiger partial charge in [0, 0.05) is 19.8 Å². The molecule has 0 aromatic heterocycles. The van der Waals surface area contributed by atoms with Gasteiger partial charge in [-0.1, -0.05) is 27.7 Å². The van der Waals surface area contributed by atoms with Crippen LogP contribution in [0.2, 0.25) is 0 Å². The fourth-order valence-corrected chi connectivity index (χ4v) is 1.72. The molecule has 0 saturated heterocycles. The molecule has 0 aromatic carbocycles. The number of ether oxygens (including phenoxy) is 1. The molecule has 0 radical (unpaired) electrons. The lowest BCUT2D eigenvalue weighted by molar-refractivity contribution is 0.186. The van der Waals surface area contributed by atoms with Gasteiger partial charge in [-0.2, -0.15) is 0 Å². The summed E-state index contributed by atoms with van der Waals surface area (Å²) in [7, 11) is 1.78. The first kappa shape index (κ1) is 14.9. The first-order valence-corrected chi connectivity index (χ1v) is 6.22. The molecule has 0 spiro atoms. The van der Waals surface area contributed by atoms with Crippen molar-refractivity contribution in [1.29, 1.82) is 0 Å². The Morgan fingerprint density at radius 3 is 2.33 bits per heavy atom. The Kier molecular flexibility index (Phi) is 8.07. The molecule has 0 bridgehead atoms. The van der Waals surface area contributed by atoms with Crippen LogP contribution in [0.5, 0.6) is 0 Å². The molecule has 0 heterocycles. The molecule has 15 heavy (non-hydrogen) atoms. The van der Waals surface area contributed by atoms with E-state index in [0.717, 1.165) is 19.6 Å². The third kappa shape index (κ3) is 10.2. The molecule has 1 unspecified atom stereocenters. The quantitative estimate of drug-likeness (QED) is 0.628. The average molecular weight is 215 g/mol. The van der Waals surface area contributed by atoms with Gasteiger partial charge < -0.3 is 10.1 Å². The molecule has 0 aliphatic carbocycles. The predicted molar refractivity (Wildman–Crippen MR) is 67.3 cm³/mol. The predicted octanol–water partition coefficient (Wildman–Crippen LogP) is 3.22. The van der Waals surface area contributed by atoms with Crippen molar-refractivity contribution in [1.82, 2.24) is 5.32 Å². The standard InChI is InChI=1S/C13H29NO/c1-6-14-12(8-7-11-15-5)9-10-13(2,3)4/h12,14H,6-11H2,1-5H3. The van der Waals surface area contributed by atoms with E-state index in [0.29, 0.717) is 11.5 Å². The van der Waals surface area contributed by atoms with Crippen LogP contribution in [0.25, 0.3) is 0 Å². The molecule has 0 amide bonds. The van der Waals surface area contributed by atoms with Crippen LogP contribution >= 0.6 is 0 Å². The van der Waals surface area contributed by atoms with E-state index >= 15 is 0 Å². The topological polar surface area (TPSA) is 21.3 Å². The van der Waals surface area contributed by atoms with Gasteiger partial charge in [0.05, 0.1) is 0 Å². The van der Waals surface area contributed by atoms with Gasteiger partial charge in [-0.15, -0.1) is 0 Å². The fourth-order valence-electron chi connectivity index (χ4n) is 1.72. The molecular formula is C13H29NO. The van der Waals surface area contributed by atoms with E-state index in [2.05, 4.69) is 33.0 Å². The monoisotopic (exact) mass is 215 g/mol. The number of hydrogen-bond donors (Lipinski definition) is 1. The fraction of sp³-hybridized carbons (Fsp3) is 1.00. The smallest absolute Gasteiger partial charge is 0.0462 e. The average Bonchev–Trinajstić information content (AvgIpc) is 2.13. The molecule has 1 N–H and O–H groups in total. The highest BCUT2D eigenvalue weighted by molar-refractivity contribution is 4.71. The van der Waals surface area contributed by atoms with E-state index in [-0.39, 0.29) is 0 Å². The van der Waals surface area contributed by atoms with Crippen LogP contribution in [-0.4, -0.2) is 26.3 Å². The van der Waals surface area contributed by atoms with Gasteiger partial charge in [-0.25, -0.2) is 0 Å². The molecule has 2 heteroatoms. The Bertz CT molecular complexity index is 140. The molecule has 0 aliphatic rings. The second-order valence-electron chi connectivity index (χ2n) is 5.49. The van der Waals surface area contributed by atoms with Crippen LogP contribution in [0.15, 0.2) is 0 Å².